The summed E-state index contributed by atoms with van der Waals surface area (Å²) in [5.74, 6) is -2.01. The van der Waals surface area contributed by atoms with Crippen LogP contribution in [0.5, 0.6) is 0 Å². The van der Waals surface area contributed by atoms with Gasteiger partial charge in [0.15, 0.2) is 6.10 Å². The minimum Gasteiger partial charge on any atom is -0.477 e. The molecule has 0 radical (unpaired) electrons. The van der Waals surface area contributed by atoms with Gasteiger partial charge in [0.1, 0.15) is 13.2 Å². The van der Waals surface area contributed by atoms with E-state index < -0.39 is 24.3 Å². The summed E-state index contributed by atoms with van der Waals surface area (Å²) < 4.78 is 22.7. The summed E-state index contributed by atoms with van der Waals surface area (Å²) in [5, 5.41) is 9.62. The first-order valence-electron chi connectivity index (χ1n) is 22.4. The second-order valence-electron chi connectivity index (χ2n) is 16.4. The van der Waals surface area contributed by atoms with Crippen molar-refractivity contribution in [1.82, 2.24) is 0 Å². The maximum Gasteiger partial charge on any atom is 0.361 e. The Morgan fingerprint density at radius 3 is 1.39 bits per heavy atom. The van der Waals surface area contributed by atoms with E-state index in [-0.39, 0.29) is 32.2 Å². The SMILES string of the molecule is CCCCCC/C=C\CCCCCCCC(=O)OC(COC(=O)CCCCCCCCCCCCCCCCCC)COC(OCC[N+](C)(C)C)C(=O)O. The third kappa shape index (κ3) is 38.3. The summed E-state index contributed by atoms with van der Waals surface area (Å²) in [6.07, 6.45) is 35.5. The van der Waals surface area contributed by atoms with Crippen LogP contribution in [0.15, 0.2) is 12.2 Å². The molecule has 0 aromatic heterocycles. The first kappa shape index (κ1) is 52.0. The van der Waals surface area contributed by atoms with Gasteiger partial charge < -0.3 is 28.5 Å². The van der Waals surface area contributed by atoms with Crippen molar-refractivity contribution in [1.29, 1.82) is 0 Å². The number of carboxylic acids is 1. The third-order valence-corrected chi connectivity index (χ3v) is 9.77. The van der Waals surface area contributed by atoms with E-state index in [0.717, 1.165) is 51.4 Å². The van der Waals surface area contributed by atoms with Gasteiger partial charge in [0.05, 0.1) is 34.4 Å². The smallest absolute Gasteiger partial charge is 0.361 e. The molecule has 0 amide bonds. The number of likely N-dealkylation sites (N-methyl/N-ethyl adjacent to an activating group) is 1. The lowest BCUT2D eigenvalue weighted by Gasteiger charge is -2.25. The zero-order valence-corrected chi connectivity index (χ0v) is 35.9. The number of carbonyl (C=O) groups excluding carboxylic acids is 2. The number of hydrogen-bond donors (Lipinski definition) is 1. The standard InChI is InChI=1S/C45H85NO8/c1-6-8-10-12-14-16-18-20-21-22-24-25-27-29-31-33-35-42(47)52-39-41(40-53-45(44(49)50)51-38-37-46(3,4)5)54-43(48)36-34-32-30-28-26-23-19-17-15-13-11-9-7-2/h17,19,41,45H,6-16,18,20-40H2,1-5H3/p+1/b19-17-. The van der Waals surface area contributed by atoms with Crippen molar-refractivity contribution in [3.63, 3.8) is 0 Å². The van der Waals surface area contributed by atoms with Gasteiger partial charge in [-0.3, -0.25) is 9.59 Å². The first-order valence-corrected chi connectivity index (χ1v) is 22.4. The zero-order valence-electron chi connectivity index (χ0n) is 35.9. The maximum absolute atomic E-state index is 12.7. The van der Waals surface area contributed by atoms with Crippen LogP contribution in [-0.4, -0.2) is 87.4 Å². The molecule has 54 heavy (non-hydrogen) atoms. The highest BCUT2D eigenvalue weighted by Gasteiger charge is 2.25. The van der Waals surface area contributed by atoms with Crippen molar-refractivity contribution < 1.29 is 42.9 Å². The molecular formula is C45H86NO8+. The Morgan fingerprint density at radius 1 is 0.537 bits per heavy atom. The van der Waals surface area contributed by atoms with Crippen molar-refractivity contribution in [3.8, 4) is 0 Å². The van der Waals surface area contributed by atoms with Gasteiger partial charge in [-0.2, -0.15) is 0 Å². The molecule has 9 heteroatoms. The van der Waals surface area contributed by atoms with Crippen molar-refractivity contribution >= 4 is 17.9 Å². The van der Waals surface area contributed by atoms with E-state index in [2.05, 4.69) is 26.0 Å². The van der Waals surface area contributed by atoms with E-state index >= 15 is 0 Å². The summed E-state index contributed by atoms with van der Waals surface area (Å²) in [7, 11) is 5.95. The zero-order chi connectivity index (χ0) is 40.0. The average Bonchev–Trinajstić information content (AvgIpc) is 3.12. The molecule has 0 aromatic rings. The molecule has 0 saturated heterocycles. The largest absolute Gasteiger partial charge is 0.477 e. The van der Waals surface area contributed by atoms with Crippen LogP contribution in [0.3, 0.4) is 0 Å². The van der Waals surface area contributed by atoms with Crippen molar-refractivity contribution in [3.05, 3.63) is 12.2 Å². The Balaban J connectivity index is 4.42. The van der Waals surface area contributed by atoms with Gasteiger partial charge >= 0.3 is 17.9 Å². The highest BCUT2D eigenvalue weighted by Crippen LogP contribution is 2.15. The number of carboxylic acid groups (broad SMARTS) is 1. The van der Waals surface area contributed by atoms with Crippen molar-refractivity contribution in [2.45, 2.75) is 212 Å². The lowest BCUT2D eigenvalue weighted by atomic mass is 10.0. The topological polar surface area (TPSA) is 108 Å². The number of esters is 2. The molecule has 0 bridgehead atoms. The van der Waals surface area contributed by atoms with Crippen LogP contribution in [0.2, 0.25) is 0 Å². The molecule has 0 rings (SSSR count). The summed E-state index contributed by atoms with van der Waals surface area (Å²) in [6, 6.07) is 0. The quantitative estimate of drug-likeness (QED) is 0.0215. The molecule has 318 valence electrons. The van der Waals surface area contributed by atoms with E-state index in [1.807, 2.05) is 21.1 Å². The van der Waals surface area contributed by atoms with E-state index in [1.54, 1.807) is 0 Å². The Labute approximate surface area is 332 Å². The summed E-state index contributed by atoms with van der Waals surface area (Å²) >= 11 is 0. The summed E-state index contributed by atoms with van der Waals surface area (Å²) in [6.45, 7) is 4.86. The molecule has 0 saturated carbocycles. The van der Waals surface area contributed by atoms with Gasteiger partial charge in [-0.15, -0.1) is 0 Å². The van der Waals surface area contributed by atoms with E-state index in [0.29, 0.717) is 23.9 Å². The normalized spacial score (nSPS) is 13.0. The minimum atomic E-state index is -1.51. The number of aliphatic carboxylic acids is 1. The monoisotopic (exact) mass is 769 g/mol. The number of hydrogen-bond acceptors (Lipinski definition) is 7. The molecule has 0 aliphatic carbocycles. The molecule has 0 fully saturated rings. The lowest BCUT2D eigenvalue weighted by molar-refractivity contribution is -0.870. The van der Waals surface area contributed by atoms with Gasteiger partial charge in [0.2, 0.25) is 0 Å². The summed E-state index contributed by atoms with van der Waals surface area (Å²) in [5.41, 5.74) is 0. The highest BCUT2D eigenvalue weighted by atomic mass is 16.7. The molecule has 2 atom stereocenters. The van der Waals surface area contributed by atoms with Crippen molar-refractivity contribution in [2.75, 3.05) is 47.5 Å². The Bertz CT molecular complexity index is 903. The molecule has 1 N–H and O–H groups in total. The number of quaternary nitrogens is 1. The van der Waals surface area contributed by atoms with E-state index in [1.165, 1.54) is 116 Å². The second kappa shape index (κ2) is 37.9. The number of unbranched alkanes of at least 4 members (excludes halogenated alkanes) is 24. The molecule has 2 unspecified atom stereocenters. The molecule has 0 heterocycles. The lowest BCUT2D eigenvalue weighted by Crippen LogP contribution is -2.40. The average molecular weight is 769 g/mol. The maximum atomic E-state index is 12.7. The number of carbonyl (C=O) groups is 3. The Morgan fingerprint density at radius 2 is 0.944 bits per heavy atom. The van der Waals surface area contributed by atoms with Crippen LogP contribution >= 0.6 is 0 Å². The number of allylic oxidation sites excluding steroid dienone is 2. The van der Waals surface area contributed by atoms with Gasteiger partial charge in [-0.25, -0.2) is 4.79 Å². The fourth-order valence-corrected chi connectivity index (χ4v) is 6.24. The first-order chi connectivity index (χ1) is 26.1. The van der Waals surface area contributed by atoms with E-state index in [4.69, 9.17) is 18.9 Å². The molecule has 0 aliphatic rings. The fourth-order valence-electron chi connectivity index (χ4n) is 6.24. The predicted molar refractivity (Wildman–Crippen MR) is 221 cm³/mol. The van der Waals surface area contributed by atoms with Gasteiger partial charge in [0.25, 0.3) is 6.29 Å². The van der Waals surface area contributed by atoms with Crippen LogP contribution < -0.4 is 0 Å². The predicted octanol–water partition coefficient (Wildman–Crippen LogP) is 11.5. The van der Waals surface area contributed by atoms with Crippen LogP contribution in [0, 0.1) is 0 Å². The third-order valence-electron chi connectivity index (χ3n) is 9.77. The Hall–Kier alpha value is -1.97. The highest BCUT2D eigenvalue weighted by molar-refractivity contribution is 5.71. The molecular weight excluding hydrogens is 682 g/mol. The van der Waals surface area contributed by atoms with Crippen LogP contribution in [0.1, 0.15) is 200 Å². The van der Waals surface area contributed by atoms with E-state index in [9.17, 15) is 19.5 Å². The number of rotatable bonds is 41. The second-order valence-corrected chi connectivity index (χ2v) is 16.4. The van der Waals surface area contributed by atoms with Crippen LogP contribution in [0.4, 0.5) is 0 Å². The number of ether oxygens (including phenoxy) is 4. The van der Waals surface area contributed by atoms with Gasteiger partial charge in [-0.1, -0.05) is 161 Å². The summed E-state index contributed by atoms with van der Waals surface area (Å²) in [4.78, 5) is 37.0. The van der Waals surface area contributed by atoms with Crippen LogP contribution in [-0.2, 0) is 33.3 Å². The Kier molecular flexibility index (Phi) is 36.5. The molecule has 0 aliphatic heterocycles. The van der Waals surface area contributed by atoms with Gasteiger partial charge in [0, 0.05) is 12.8 Å². The number of nitrogens with zero attached hydrogens (tertiary/aromatic N) is 1. The fraction of sp³-hybridized carbons (Fsp3) is 0.889. The molecule has 9 nitrogen and oxygen atoms in total. The minimum absolute atomic E-state index is 0.180. The van der Waals surface area contributed by atoms with Crippen molar-refractivity contribution in [2.24, 2.45) is 0 Å². The van der Waals surface area contributed by atoms with Crippen LogP contribution in [0.25, 0.3) is 0 Å². The molecule has 0 aromatic carbocycles. The molecule has 0 spiro atoms. The van der Waals surface area contributed by atoms with Gasteiger partial charge in [-0.05, 0) is 38.5 Å².